The summed E-state index contributed by atoms with van der Waals surface area (Å²) in [7, 11) is 0. The number of piperidine rings is 1. The average molecular weight is 270 g/mol. The van der Waals surface area contributed by atoms with Gasteiger partial charge in [-0.15, -0.1) is 0 Å². The summed E-state index contributed by atoms with van der Waals surface area (Å²) in [5.41, 5.74) is 0. The van der Waals surface area contributed by atoms with E-state index in [9.17, 15) is 14.7 Å². The van der Waals surface area contributed by atoms with Gasteiger partial charge in [0.05, 0.1) is 19.1 Å². The number of carboxylic acids is 1. The molecule has 1 heterocycles. The van der Waals surface area contributed by atoms with Crippen molar-refractivity contribution in [3.63, 3.8) is 0 Å². The first-order chi connectivity index (χ1) is 9.11. The number of aliphatic hydroxyl groups excluding tert-OH is 1. The molecule has 2 rings (SSSR count). The lowest BCUT2D eigenvalue weighted by Gasteiger charge is -2.35. The molecular formula is C13H22N2O4. The maximum atomic E-state index is 12.2. The standard InChI is InChI=1S/C13H22N2O4/c16-8-10-3-1-2-6-15(10)13(19)14-11(7-12(17)18)9-4-5-9/h9-11,16H,1-8H2,(H,14,19)(H,17,18). The van der Waals surface area contributed by atoms with Gasteiger partial charge in [0.1, 0.15) is 0 Å². The van der Waals surface area contributed by atoms with Crippen molar-refractivity contribution in [2.24, 2.45) is 5.92 Å². The molecule has 0 aromatic carbocycles. The van der Waals surface area contributed by atoms with Gasteiger partial charge in [0.15, 0.2) is 0 Å². The predicted molar refractivity (Wildman–Crippen MR) is 68.7 cm³/mol. The van der Waals surface area contributed by atoms with E-state index in [1.165, 1.54) is 0 Å². The molecule has 2 fully saturated rings. The Balaban J connectivity index is 1.91. The number of nitrogens with zero attached hydrogens (tertiary/aromatic N) is 1. The van der Waals surface area contributed by atoms with Crippen LogP contribution in [0.15, 0.2) is 0 Å². The molecule has 1 saturated heterocycles. The van der Waals surface area contributed by atoms with Crippen molar-refractivity contribution in [3.05, 3.63) is 0 Å². The number of carbonyl (C=O) groups is 2. The second kappa shape index (κ2) is 6.23. The van der Waals surface area contributed by atoms with Crippen LogP contribution in [0.4, 0.5) is 4.79 Å². The van der Waals surface area contributed by atoms with Gasteiger partial charge >= 0.3 is 12.0 Å². The Labute approximate surface area is 112 Å². The molecule has 3 N–H and O–H groups in total. The van der Waals surface area contributed by atoms with E-state index in [1.54, 1.807) is 4.90 Å². The summed E-state index contributed by atoms with van der Waals surface area (Å²) in [4.78, 5) is 24.7. The molecule has 108 valence electrons. The zero-order chi connectivity index (χ0) is 13.8. The van der Waals surface area contributed by atoms with Crippen molar-refractivity contribution in [3.8, 4) is 0 Å². The number of carboxylic acid groups (broad SMARTS) is 1. The van der Waals surface area contributed by atoms with E-state index < -0.39 is 5.97 Å². The number of urea groups is 1. The third kappa shape index (κ3) is 3.83. The fourth-order valence-electron chi connectivity index (χ4n) is 2.72. The minimum absolute atomic E-state index is 0.0198. The number of aliphatic carboxylic acids is 1. The van der Waals surface area contributed by atoms with Gasteiger partial charge in [-0.2, -0.15) is 0 Å². The summed E-state index contributed by atoms with van der Waals surface area (Å²) in [6.45, 7) is 0.613. The summed E-state index contributed by atoms with van der Waals surface area (Å²) in [6, 6.07) is -0.624. The van der Waals surface area contributed by atoms with Crippen molar-refractivity contribution in [2.75, 3.05) is 13.2 Å². The summed E-state index contributed by atoms with van der Waals surface area (Å²) in [6.07, 6.45) is 4.74. The highest BCUT2D eigenvalue weighted by Gasteiger charge is 2.35. The summed E-state index contributed by atoms with van der Waals surface area (Å²) in [5, 5.41) is 21.0. The van der Waals surface area contributed by atoms with E-state index >= 15 is 0 Å². The molecule has 0 spiro atoms. The van der Waals surface area contributed by atoms with Crippen LogP contribution in [0.2, 0.25) is 0 Å². The summed E-state index contributed by atoms with van der Waals surface area (Å²) in [5.74, 6) is -0.577. The topological polar surface area (TPSA) is 89.9 Å². The molecule has 1 aliphatic carbocycles. The lowest BCUT2D eigenvalue weighted by atomic mass is 10.0. The van der Waals surface area contributed by atoms with Crippen LogP contribution in [0, 0.1) is 5.92 Å². The lowest BCUT2D eigenvalue weighted by molar-refractivity contribution is -0.137. The predicted octanol–water partition coefficient (Wildman–Crippen LogP) is 0.796. The van der Waals surface area contributed by atoms with Gasteiger partial charge in [-0.1, -0.05) is 0 Å². The van der Waals surface area contributed by atoms with E-state index in [0.29, 0.717) is 12.5 Å². The Morgan fingerprint density at radius 1 is 1.26 bits per heavy atom. The van der Waals surface area contributed by atoms with Crippen molar-refractivity contribution >= 4 is 12.0 Å². The highest BCUT2D eigenvalue weighted by Crippen LogP contribution is 2.34. The smallest absolute Gasteiger partial charge is 0.317 e. The van der Waals surface area contributed by atoms with Gasteiger partial charge in [0.2, 0.25) is 0 Å². The normalized spacial score (nSPS) is 24.9. The van der Waals surface area contributed by atoms with Gasteiger partial charge in [0, 0.05) is 12.6 Å². The Morgan fingerprint density at radius 3 is 2.58 bits per heavy atom. The van der Waals surface area contributed by atoms with E-state index in [1.807, 2.05) is 0 Å². The zero-order valence-corrected chi connectivity index (χ0v) is 11.0. The third-order valence-electron chi connectivity index (χ3n) is 3.99. The van der Waals surface area contributed by atoms with Crippen molar-refractivity contribution in [2.45, 2.75) is 50.6 Å². The van der Waals surface area contributed by atoms with Crippen LogP contribution in [-0.2, 0) is 4.79 Å². The summed E-state index contributed by atoms with van der Waals surface area (Å²) >= 11 is 0. The number of likely N-dealkylation sites (tertiary alicyclic amines) is 1. The van der Waals surface area contributed by atoms with E-state index in [4.69, 9.17) is 5.11 Å². The van der Waals surface area contributed by atoms with Crippen molar-refractivity contribution in [1.29, 1.82) is 0 Å². The SMILES string of the molecule is O=C(O)CC(NC(=O)N1CCCCC1CO)C1CC1. The molecule has 2 unspecified atom stereocenters. The minimum Gasteiger partial charge on any atom is -0.481 e. The van der Waals surface area contributed by atoms with Crippen molar-refractivity contribution < 1.29 is 19.8 Å². The maximum Gasteiger partial charge on any atom is 0.317 e. The number of carbonyl (C=O) groups excluding carboxylic acids is 1. The molecule has 2 atom stereocenters. The monoisotopic (exact) mass is 270 g/mol. The number of nitrogens with one attached hydrogen (secondary N) is 1. The van der Waals surface area contributed by atoms with Gasteiger partial charge in [-0.3, -0.25) is 4.79 Å². The molecule has 0 aromatic heterocycles. The van der Waals surface area contributed by atoms with Gasteiger partial charge in [0.25, 0.3) is 0 Å². The Hall–Kier alpha value is -1.30. The molecule has 2 aliphatic rings. The Kier molecular flexibility index (Phi) is 4.63. The molecule has 2 amide bonds. The van der Waals surface area contributed by atoms with Crippen LogP contribution in [0.25, 0.3) is 0 Å². The summed E-state index contributed by atoms with van der Waals surface area (Å²) < 4.78 is 0. The number of aliphatic hydroxyl groups is 1. The fourth-order valence-corrected chi connectivity index (χ4v) is 2.72. The molecule has 1 saturated carbocycles. The van der Waals surface area contributed by atoms with E-state index in [-0.39, 0.29) is 31.1 Å². The first-order valence-electron chi connectivity index (χ1n) is 7.01. The van der Waals surface area contributed by atoms with Crippen LogP contribution < -0.4 is 5.32 Å². The second-order valence-corrected chi connectivity index (χ2v) is 5.52. The van der Waals surface area contributed by atoms with Crippen LogP contribution in [0.3, 0.4) is 0 Å². The zero-order valence-electron chi connectivity index (χ0n) is 11.0. The van der Waals surface area contributed by atoms with Gasteiger partial charge in [-0.25, -0.2) is 4.79 Å². The highest BCUT2D eigenvalue weighted by molar-refractivity contribution is 5.76. The lowest BCUT2D eigenvalue weighted by Crippen LogP contribution is -2.53. The molecule has 0 aromatic rings. The van der Waals surface area contributed by atoms with Crippen LogP contribution >= 0.6 is 0 Å². The third-order valence-corrected chi connectivity index (χ3v) is 3.99. The first kappa shape index (κ1) is 14.1. The average Bonchev–Trinajstić information content (AvgIpc) is 3.21. The largest absolute Gasteiger partial charge is 0.481 e. The van der Waals surface area contributed by atoms with E-state index in [0.717, 1.165) is 32.1 Å². The second-order valence-electron chi connectivity index (χ2n) is 5.52. The van der Waals surface area contributed by atoms with Crippen LogP contribution in [0.5, 0.6) is 0 Å². The highest BCUT2D eigenvalue weighted by atomic mass is 16.4. The van der Waals surface area contributed by atoms with Gasteiger partial charge < -0.3 is 20.4 Å². The molecule has 6 heteroatoms. The quantitative estimate of drug-likeness (QED) is 0.689. The van der Waals surface area contributed by atoms with Gasteiger partial charge in [-0.05, 0) is 38.0 Å². The molecule has 6 nitrogen and oxygen atoms in total. The van der Waals surface area contributed by atoms with Crippen LogP contribution in [-0.4, -0.2) is 52.3 Å². The Morgan fingerprint density at radius 2 is 2.00 bits per heavy atom. The maximum absolute atomic E-state index is 12.2. The molecule has 0 bridgehead atoms. The molecule has 1 aliphatic heterocycles. The first-order valence-corrected chi connectivity index (χ1v) is 7.01. The number of hydrogen-bond donors (Lipinski definition) is 3. The fraction of sp³-hybridized carbons (Fsp3) is 0.846. The van der Waals surface area contributed by atoms with Crippen molar-refractivity contribution in [1.82, 2.24) is 10.2 Å². The number of rotatable bonds is 5. The van der Waals surface area contributed by atoms with E-state index in [2.05, 4.69) is 5.32 Å². The molecular weight excluding hydrogens is 248 g/mol. The minimum atomic E-state index is -0.880. The molecule has 19 heavy (non-hydrogen) atoms. The number of hydrogen-bond acceptors (Lipinski definition) is 3. The molecule has 0 radical (unpaired) electrons. The number of amides is 2. The Bertz CT molecular complexity index is 344. The van der Waals surface area contributed by atoms with Crippen LogP contribution in [0.1, 0.15) is 38.5 Å².